The van der Waals surface area contributed by atoms with Crippen LogP contribution < -0.4 is 4.74 Å². The first-order valence-corrected chi connectivity index (χ1v) is 12.1. The molecule has 1 aliphatic heterocycles. The topological polar surface area (TPSA) is 87.9 Å². The molecule has 188 valence electrons. The van der Waals surface area contributed by atoms with Gasteiger partial charge in [-0.3, -0.25) is 9.59 Å². The molecule has 2 heterocycles. The van der Waals surface area contributed by atoms with Crippen molar-refractivity contribution >= 4 is 11.8 Å². The highest BCUT2D eigenvalue weighted by Crippen LogP contribution is 2.28. The quantitative estimate of drug-likeness (QED) is 0.448. The van der Waals surface area contributed by atoms with E-state index in [1.165, 1.54) is 6.07 Å². The summed E-state index contributed by atoms with van der Waals surface area (Å²) >= 11 is 0. The number of nitrogens with zero attached hydrogens (tertiary/aromatic N) is 4. The van der Waals surface area contributed by atoms with Crippen LogP contribution in [-0.4, -0.2) is 69.8 Å². The summed E-state index contributed by atoms with van der Waals surface area (Å²) in [6.45, 7) is 3.53. The van der Waals surface area contributed by atoms with Crippen molar-refractivity contribution < 1.29 is 19.4 Å². The average Bonchev–Trinajstić information content (AvgIpc) is 3.39. The van der Waals surface area contributed by atoms with Crippen molar-refractivity contribution in [3.63, 3.8) is 0 Å². The predicted octanol–water partition coefficient (Wildman–Crippen LogP) is 4.16. The minimum atomic E-state index is -0.241. The van der Waals surface area contributed by atoms with Crippen LogP contribution in [-0.2, 0) is 0 Å². The molecule has 0 atom stereocenters. The summed E-state index contributed by atoms with van der Waals surface area (Å²) in [5.74, 6) is 0.245. The lowest BCUT2D eigenvalue weighted by atomic mass is 10.1. The summed E-state index contributed by atoms with van der Waals surface area (Å²) in [6, 6.07) is 21.9. The van der Waals surface area contributed by atoms with Crippen LogP contribution in [0.4, 0.5) is 0 Å². The monoisotopic (exact) mass is 496 g/mol. The van der Waals surface area contributed by atoms with Gasteiger partial charge in [0, 0.05) is 37.9 Å². The van der Waals surface area contributed by atoms with E-state index in [0.29, 0.717) is 43.2 Å². The molecule has 1 fully saturated rings. The molecule has 4 aromatic rings. The summed E-state index contributed by atoms with van der Waals surface area (Å²) in [4.78, 5) is 30.0. The number of piperazine rings is 1. The van der Waals surface area contributed by atoms with Gasteiger partial charge >= 0.3 is 0 Å². The van der Waals surface area contributed by atoms with Crippen LogP contribution in [0.1, 0.15) is 26.3 Å². The second-order valence-corrected chi connectivity index (χ2v) is 9.01. The van der Waals surface area contributed by atoms with E-state index in [1.807, 2.05) is 55.5 Å². The number of benzene rings is 3. The number of hydrogen-bond acceptors (Lipinski definition) is 5. The van der Waals surface area contributed by atoms with E-state index in [1.54, 1.807) is 46.0 Å². The van der Waals surface area contributed by atoms with Crippen LogP contribution in [0, 0.1) is 6.92 Å². The predicted molar refractivity (Wildman–Crippen MR) is 140 cm³/mol. The van der Waals surface area contributed by atoms with Gasteiger partial charge in [0.25, 0.3) is 11.8 Å². The smallest absolute Gasteiger partial charge is 0.257 e. The van der Waals surface area contributed by atoms with Gasteiger partial charge in [0.15, 0.2) is 0 Å². The van der Waals surface area contributed by atoms with Crippen LogP contribution in [0.2, 0.25) is 0 Å². The standard InChI is InChI=1S/C29H28N4O4/c1-20-10-12-22(13-11-20)33-19-25(27(30-33)21-6-5-7-23(18-21)37-2)29(36)32-16-14-31(15-17-32)28(35)24-8-3-4-9-26(24)34/h3-13,18-19,34H,14-17H2,1-2H3. The Balaban J connectivity index is 1.41. The third kappa shape index (κ3) is 4.91. The summed E-state index contributed by atoms with van der Waals surface area (Å²) in [5, 5.41) is 14.8. The molecular weight excluding hydrogens is 468 g/mol. The molecule has 37 heavy (non-hydrogen) atoms. The van der Waals surface area contributed by atoms with Gasteiger partial charge in [-0.1, -0.05) is 42.0 Å². The molecule has 1 saturated heterocycles. The molecular formula is C29H28N4O4. The van der Waals surface area contributed by atoms with Gasteiger partial charge < -0.3 is 19.6 Å². The van der Waals surface area contributed by atoms with E-state index in [0.717, 1.165) is 16.8 Å². The fraction of sp³-hybridized carbons (Fsp3) is 0.207. The molecule has 1 aromatic heterocycles. The lowest BCUT2D eigenvalue weighted by Crippen LogP contribution is -2.50. The number of rotatable bonds is 5. The van der Waals surface area contributed by atoms with Crippen molar-refractivity contribution in [2.45, 2.75) is 6.92 Å². The van der Waals surface area contributed by atoms with Crippen molar-refractivity contribution in [2.75, 3.05) is 33.3 Å². The number of aromatic hydroxyl groups is 1. The highest BCUT2D eigenvalue weighted by molar-refractivity contribution is 6.00. The number of aromatic nitrogens is 2. The lowest BCUT2D eigenvalue weighted by molar-refractivity contribution is 0.0534. The number of carbonyl (C=O) groups is 2. The van der Waals surface area contributed by atoms with Gasteiger partial charge in [0.1, 0.15) is 17.2 Å². The van der Waals surface area contributed by atoms with Crippen LogP contribution >= 0.6 is 0 Å². The molecule has 2 amide bonds. The SMILES string of the molecule is COc1cccc(-c2nn(-c3ccc(C)cc3)cc2C(=O)N2CCN(C(=O)c3ccccc3O)CC2)c1. The van der Waals surface area contributed by atoms with Crippen molar-refractivity contribution in [2.24, 2.45) is 0 Å². The van der Waals surface area contributed by atoms with Crippen molar-refractivity contribution in [1.82, 2.24) is 19.6 Å². The zero-order valence-electron chi connectivity index (χ0n) is 20.8. The molecule has 1 aliphatic rings. The van der Waals surface area contributed by atoms with Gasteiger partial charge in [-0.15, -0.1) is 0 Å². The van der Waals surface area contributed by atoms with Crippen LogP contribution in [0.5, 0.6) is 11.5 Å². The maximum absolute atomic E-state index is 13.7. The van der Waals surface area contributed by atoms with Gasteiger partial charge in [-0.2, -0.15) is 5.10 Å². The van der Waals surface area contributed by atoms with E-state index in [4.69, 9.17) is 9.84 Å². The Bertz CT molecular complexity index is 1440. The summed E-state index contributed by atoms with van der Waals surface area (Å²) in [7, 11) is 1.60. The number of carbonyl (C=O) groups excluding carboxylic acids is 2. The Morgan fingerprint density at radius 1 is 0.838 bits per heavy atom. The molecule has 0 spiro atoms. The molecule has 1 N–H and O–H groups in total. The third-order valence-electron chi connectivity index (χ3n) is 6.57. The number of hydrogen-bond donors (Lipinski definition) is 1. The highest BCUT2D eigenvalue weighted by atomic mass is 16.5. The fourth-order valence-corrected chi connectivity index (χ4v) is 4.45. The van der Waals surface area contributed by atoms with Crippen LogP contribution in [0.3, 0.4) is 0 Å². The first kappa shape index (κ1) is 24.1. The van der Waals surface area contributed by atoms with Gasteiger partial charge in [0.2, 0.25) is 0 Å². The van der Waals surface area contributed by atoms with E-state index < -0.39 is 0 Å². The normalized spacial score (nSPS) is 13.5. The summed E-state index contributed by atoms with van der Waals surface area (Å²) < 4.78 is 7.11. The second kappa shape index (κ2) is 10.2. The molecule has 5 rings (SSSR count). The van der Waals surface area contributed by atoms with E-state index >= 15 is 0 Å². The fourth-order valence-electron chi connectivity index (χ4n) is 4.45. The summed E-state index contributed by atoms with van der Waals surface area (Å²) in [6.07, 6.45) is 1.77. The maximum atomic E-state index is 13.7. The van der Waals surface area contributed by atoms with Gasteiger partial charge in [0.05, 0.1) is 23.9 Å². The van der Waals surface area contributed by atoms with Crippen LogP contribution in [0.15, 0.2) is 79.0 Å². The lowest BCUT2D eigenvalue weighted by Gasteiger charge is -2.34. The average molecular weight is 497 g/mol. The number of phenolic OH excluding ortho intramolecular Hbond substituents is 1. The number of methoxy groups -OCH3 is 1. The minimum absolute atomic E-state index is 0.0440. The van der Waals surface area contributed by atoms with Crippen LogP contribution in [0.25, 0.3) is 16.9 Å². The Kier molecular flexibility index (Phi) is 6.64. The van der Waals surface area contributed by atoms with E-state index in [9.17, 15) is 14.7 Å². The van der Waals surface area contributed by atoms with Gasteiger partial charge in [-0.25, -0.2) is 4.68 Å². The minimum Gasteiger partial charge on any atom is -0.507 e. The van der Waals surface area contributed by atoms with Crippen molar-refractivity contribution in [3.05, 3.63) is 95.7 Å². The zero-order valence-corrected chi connectivity index (χ0v) is 20.8. The number of phenols is 1. The van der Waals surface area contributed by atoms with E-state index in [-0.39, 0.29) is 23.1 Å². The Hall–Kier alpha value is -4.59. The number of para-hydroxylation sites is 1. The van der Waals surface area contributed by atoms with E-state index in [2.05, 4.69) is 0 Å². The molecule has 0 aliphatic carbocycles. The number of amides is 2. The molecule has 0 radical (unpaired) electrons. The maximum Gasteiger partial charge on any atom is 0.257 e. The Labute approximate surface area is 215 Å². The van der Waals surface area contributed by atoms with Gasteiger partial charge in [-0.05, 0) is 43.3 Å². The molecule has 8 heteroatoms. The summed E-state index contributed by atoms with van der Waals surface area (Å²) in [5.41, 5.74) is 4.08. The molecule has 0 unspecified atom stereocenters. The molecule has 3 aromatic carbocycles. The van der Waals surface area contributed by atoms with Crippen molar-refractivity contribution in [1.29, 1.82) is 0 Å². The first-order valence-electron chi connectivity index (χ1n) is 12.1. The third-order valence-corrected chi connectivity index (χ3v) is 6.57. The number of ether oxygens (including phenoxy) is 1. The molecule has 0 bridgehead atoms. The van der Waals surface area contributed by atoms with Crippen molar-refractivity contribution in [3.8, 4) is 28.4 Å². The Morgan fingerprint density at radius 2 is 1.49 bits per heavy atom. The Morgan fingerprint density at radius 3 is 2.14 bits per heavy atom. The second-order valence-electron chi connectivity index (χ2n) is 9.01. The first-order chi connectivity index (χ1) is 17.9. The highest BCUT2D eigenvalue weighted by Gasteiger charge is 2.29. The molecule has 0 saturated carbocycles. The molecule has 8 nitrogen and oxygen atoms in total. The zero-order chi connectivity index (χ0) is 25.9. The largest absolute Gasteiger partial charge is 0.507 e. The number of aryl methyl sites for hydroxylation is 1.